The molecule has 1 saturated heterocycles. The third kappa shape index (κ3) is 4.99. The minimum Gasteiger partial charge on any atom is -0.378 e. The van der Waals surface area contributed by atoms with Crippen molar-refractivity contribution in [2.75, 3.05) is 48.0 Å². The van der Waals surface area contributed by atoms with E-state index in [1.807, 2.05) is 18.2 Å². The molecule has 1 fully saturated rings. The monoisotopic (exact) mass is 581 g/mol. The van der Waals surface area contributed by atoms with Gasteiger partial charge in [-0.3, -0.25) is 9.59 Å². The lowest BCUT2D eigenvalue weighted by atomic mass is 9.98. The highest BCUT2D eigenvalue weighted by Crippen LogP contribution is 2.36. The number of hydrogen-bond donors (Lipinski definition) is 1. The van der Waals surface area contributed by atoms with Crippen LogP contribution in [0, 0.1) is 12.7 Å². The van der Waals surface area contributed by atoms with Gasteiger partial charge in [0.15, 0.2) is 0 Å². The fourth-order valence-corrected chi connectivity index (χ4v) is 6.54. The molecule has 3 aromatic heterocycles. The summed E-state index contributed by atoms with van der Waals surface area (Å²) in [6.07, 6.45) is 7.69. The largest absolute Gasteiger partial charge is 0.378 e. The highest BCUT2D eigenvalue weighted by atomic mass is 19.1. The van der Waals surface area contributed by atoms with E-state index in [9.17, 15) is 9.59 Å². The summed E-state index contributed by atoms with van der Waals surface area (Å²) in [4.78, 5) is 35.2. The number of amides is 1. The molecule has 2 aliphatic heterocycles. The molecule has 0 saturated carbocycles. The zero-order valence-corrected chi connectivity index (χ0v) is 24.2. The summed E-state index contributed by atoms with van der Waals surface area (Å²) >= 11 is 0. The second-order valence-electron chi connectivity index (χ2n) is 11.5. The molecule has 0 spiro atoms. The van der Waals surface area contributed by atoms with Gasteiger partial charge in [0, 0.05) is 50.7 Å². The van der Waals surface area contributed by atoms with Crippen molar-refractivity contribution in [1.82, 2.24) is 14.1 Å². The number of anilines is 4. The first-order valence-electron chi connectivity index (χ1n) is 14.8. The molecule has 0 unspecified atom stereocenters. The van der Waals surface area contributed by atoms with Crippen LogP contribution in [0.25, 0.3) is 11.1 Å². The van der Waals surface area contributed by atoms with Crippen molar-refractivity contribution in [1.29, 1.82) is 0 Å². The maximum absolute atomic E-state index is 15.2. The van der Waals surface area contributed by atoms with E-state index in [2.05, 4.69) is 26.7 Å². The smallest absolute Gasteiger partial charge is 0.274 e. The number of hydrogen-bond acceptors (Lipinski definition) is 6. The van der Waals surface area contributed by atoms with Gasteiger partial charge in [-0.05, 0) is 85.7 Å². The van der Waals surface area contributed by atoms with Crippen molar-refractivity contribution >= 4 is 28.8 Å². The van der Waals surface area contributed by atoms with Gasteiger partial charge >= 0.3 is 0 Å². The predicted octanol–water partition coefficient (Wildman–Crippen LogP) is 4.69. The van der Waals surface area contributed by atoms with Gasteiger partial charge in [0.1, 0.15) is 23.0 Å². The van der Waals surface area contributed by atoms with Crippen LogP contribution in [-0.2, 0) is 31.2 Å². The number of halogens is 1. The molecule has 0 atom stereocenters. The zero-order chi connectivity index (χ0) is 29.7. The number of fused-ring (bicyclic) bond motifs is 3. The number of pyridine rings is 2. The van der Waals surface area contributed by atoms with Gasteiger partial charge in [0.25, 0.3) is 11.5 Å². The third-order valence-corrected chi connectivity index (χ3v) is 8.78. The molecule has 3 aliphatic rings. The van der Waals surface area contributed by atoms with Crippen molar-refractivity contribution in [2.24, 2.45) is 7.05 Å². The van der Waals surface area contributed by atoms with Crippen LogP contribution in [0.2, 0.25) is 0 Å². The summed E-state index contributed by atoms with van der Waals surface area (Å²) in [6, 6.07) is 10.3. The number of rotatable bonds is 5. The molecule has 221 valence electrons. The SMILES string of the molecule is [CH2]c1c(-c2cc(Nc3ccc(N4CCOCC4)cn3)c(=O)n(C)c2)cc(F)cc1N1CCn2c(cc3c2CCCC3)C1=O. The quantitative estimate of drug-likeness (QED) is 0.368. The first-order chi connectivity index (χ1) is 20.9. The van der Waals surface area contributed by atoms with Crippen molar-refractivity contribution in [3.05, 3.63) is 94.4 Å². The number of ether oxygens (including phenoxy) is 1. The molecule has 9 nitrogen and oxygen atoms in total. The van der Waals surface area contributed by atoms with Crippen LogP contribution < -0.4 is 20.7 Å². The average molecular weight is 582 g/mol. The van der Waals surface area contributed by atoms with Crippen molar-refractivity contribution in [2.45, 2.75) is 32.2 Å². The Balaban J connectivity index is 1.20. The number of aryl methyl sites for hydroxylation is 2. The van der Waals surface area contributed by atoms with E-state index in [1.165, 1.54) is 28.0 Å². The molecule has 43 heavy (non-hydrogen) atoms. The van der Waals surface area contributed by atoms with Crippen LogP contribution >= 0.6 is 0 Å². The van der Waals surface area contributed by atoms with E-state index < -0.39 is 5.82 Å². The first-order valence-corrected chi connectivity index (χ1v) is 14.8. The van der Waals surface area contributed by atoms with Crippen LogP contribution in [0.3, 0.4) is 0 Å². The molecule has 0 bridgehead atoms. The Morgan fingerprint density at radius 3 is 2.60 bits per heavy atom. The van der Waals surface area contributed by atoms with Crippen molar-refractivity contribution in [3.63, 3.8) is 0 Å². The summed E-state index contributed by atoms with van der Waals surface area (Å²) < 4.78 is 24.2. The minimum absolute atomic E-state index is 0.142. The Morgan fingerprint density at radius 1 is 1.00 bits per heavy atom. The molecule has 1 aromatic carbocycles. The predicted molar refractivity (Wildman–Crippen MR) is 165 cm³/mol. The summed E-state index contributed by atoms with van der Waals surface area (Å²) in [7, 11) is 1.65. The Hall–Kier alpha value is -4.44. The van der Waals surface area contributed by atoms with E-state index >= 15 is 4.39 Å². The van der Waals surface area contributed by atoms with Crippen LogP contribution in [0.4, 0.5) is 27.3 Å². The fraction of sp³-hybridized carbons (Fsp3) is 0.333. The highest BCUT2D eigenvalue weighted by molar-refractivity contribution is 6.07. The van der Waals surface area contributed by atoms with E-state index in [-0.39, 0.29) is 11.5 Å². The number of nitrogens with one attached hydrogen (secondary N) is 1. The van der Waals surface area contributed by atoms with Crippen LogP contribution in [-0.4, -0.2) is 52.9 Å². The molecule has 7 rings (SSSR count). The van der Waals surface area contributed by atoms with Gasteiger partial charge < -0.3 is 29.0 Å². The van der Waals surface area contributed by atoms with Crippen molar-refractivity contribution < 1.29 is 13.9 Å². The molecule has 1 amide bonds. The number of benzene rings is 1. The van der Waals surface area contributed by atoms with E-state index in [0.29, 0.717) is 65.9 Å². The summed E-state index contributed by atoms with van der Waals surface area (Å²) in [5.74, 6) is -0.101. The lowest BCUT2D eigenvalue weighted by Crippen LogP contribution is -2.41. The average Bonchev–Trinajstić information content (AvgIpc) is 3.41. The van der Waals surface area contributed by atoms with Gasteiger partial charge in [-0.15, -0.1) is 0 Å². The van der Waals surface area contributed by atoms with Crippen LogP contribution in [0.15, 0.2) is 53.6 Å². The summed E-state index contributed by atoms with van der Waals surface area (Å²) in [5.41, 5.74) is 6.29. The normalized spacial score (nSPS) is 16.7. The second kappa shape index (κ2) is 11.0. The second-order valence-corrected chi connectivity index (χ2v) is 11.5. The zero-order valence-electron chi connectivity index (χ0n) is 24.2. The summed E-state index contributed by atoms with van der Waals surface area (Å²) in [6.45, 7) is 8.35. The minimum atomic E-state index is -0.478. The van der Waals surface area contributed by atoms with E-state index in [0.717, 1.165) is 44.5 Å². The first kappa shape index (κ1) is 27.4. The Kier molecular flexibility index (Phi) is 7.01. The van der Waals surface area contributed by atoms with Crippen LogP contribution in [0.1, 0.15) is 40.2 Å². The molecular weight excluding hydrogens is 547 g/mol. The van der Waals surface area contributed by atoms with Gasteiger partial charge in [-0.25, -0.2) is 9.37 Å². The Bertz CT molecular complexity index is 1770. The van der Waals surface area contributed by atoms with Gasteiger partial charge in [-0.2, -0.15) is 0 Å². The van der Waals surface area contributed by atoms with E-state index in [1.54, 1.807) is 30.4 Å². The number of carbonyl (C=O) groups excluding carboxylic acids is 1. The number of nitrogens with zero attached hydrogens (tertiary/aromatic N) is 5. The Morgan fingerprint density at radius 2 is 1.81 bits per heavy atom. The lowest BCUT2D eigenvalue weighted by molar-refractivity contribution is 0.0964. The fourth-order valence-electron chi connectivity index (χ4n) is 6.54. The van der Waals surface area contributed by atoms with E-state index in [4.69, 9.17) is 4.74 Å². The van der Waals surface area contributed by atoms with Gasteiger partial charge in [0.05, 0.1) is 30.8 Å². The summed E-state index contributed by atoms with van der Waals surface area (Å²) in [5, 5.41) is 3.14. The Labute approximate surface area is 249 Å². The number of carbonyl (C=O) groups is 1. The van der Waals surface area contributed by atoms with Crippen molar-refractivity contribution in [3.8, 4) is 11.1 Å². The molecule has 5 heterocycles. The van der Waals surface area contributed by atoms with Gasteiger partial charge in [0.2, 0.25) is 0 Å². The maximum Gasteiger partial charge on any atom is 0.274 e. The lowest BCUT2D eigenvalue weighted by Gasteiger charge is -2.31. The topological polar surface area (TPSA) is 84.6 Å². The molecular formula is C33H34FN6O3. The number of morpholine rings is 1. The number of aromatic nitrogens is 3. The maximum atomic E-state index is 15.2. The third-order valence-electron chi connectivity index (χ3n) is 8.78. The highest BCUT2D eigenvalue weighted by Gasteiger charge is 2.31. The standard InChI is InChI=1S/C33H34FN6O3/c1-21-26(17-24(34)18-29(21)40-10-9-39-28-6-4-3-5-22(28)16-30(39)33(40)42)23-15-27(32(41)37(2)20-23)36-31-8-7-25(19-35-31)38-11-13-43-14-12-38/h7-8,15-20H,1,3-6,9-14H2,2H3,(H,35,36). The van der Waals surface area contributed by atoms with Crippen LogP contribution in [0.5, 0.6) is 0 Å². The molecule has 10 heteroatoms. The molecule has 1 aliphatic carbocycles. The molecule has 1 N–H and O–H groups in total. The van der Waals surface area contributed by atoms with Gasteiger partial charge in [-0.1, -0.05) is 0 Å². The molecule has 1 radical (unpaired) electrons. The molecule has 4 aromatic rings.